The summed E-state index contributed by atoms with van der Waals surface area (Å²) in [5.41, 5.74) is 1.24. The largest absolute Gasteiger partial charge is 0.394 e. The van der Waals surface area contributed by atoms with Gasteiger partial charge in [0.25, 0.3) is 0 Å². The molecule has 0 bridgehead atoms. The Balaban J connectivity index is 1.22. The zero-order valence-corrected chi connectivity index (χ0v) is 23.8. The van der Waals surface area contributed by atoms with Gasteiger partial charge in [-0.15, -0.1) is 22.0 Å². The second-order valence-corrected chi connectivity index (χ2v) is 11.8. The lowest BCUT2D eigenvalue weighted by molar-refractivity contribution is -0.186. The van der Waals surface area contributed by atoms with Crippen LogP contribution in [0.1, 0.15) is 12.1 Å². The van der Waals surface area contributed by atoms with E-state index in [2.05, 4.69) is 25.9 Å². The van der Waals surface area contributed by atoms with Gasteiger partial charge in [0.05, 0.1) is 31.1 Å². The third-order valence-electron chi connectivity index (χ3n) is 7.79. The number of rotatable bonds is 8. The molecule has 8 atom stereocenters. The van der Waals surface area contributed by atoms with E-state index in [4.69, 9.17) is 9.47 Å². The monoisotopic (exact) mass is 615 g/mol. The van der Waals surface area contributed by atoms with Gasteiger partial charge in [-0.1, -0.05) is 34.7 Å². The molecule has 0 saturated carbocycles. The summed E-state index contributed by atoms with van der Waals surface area (Å²) in [6.07, 6.45) is -0.565. The molecular formula is C28H31F2N7O5S. The van der Waals surface area contributed by atoms with E-state index in [1.807, 2.05) is 0 Å². The first-order valence-electron chi connectivity index (χ1n) is 13.7. The molecule has 4 aromatic rings. The first-order valence-corrected chi connectivity index (χ1v) is 14.7. The molecule has 0 radical (unpaired) electrons. The summed E-state index contributed by atoms with van der Waals surface area (Å²) in [6, 6.07) is 10.7. The normalized spacial score (nSPS) is 29.5. The maximum atomic E-state index is 13.8. The number of hydrogen-bond donors (Lipinski definition) is 4. The van der Waals surface area contributed by atoms with Gasteiger partial charge in [0.2, 0.25) is 0 Å². The Hall–Kier alpha value is -3.31. The zero-order chi connectivity index (χ0) is 30.1. The zero-order valence-electron chi connectivity index (χ0n) is 23.0. The Morgan fingerprint density at radius 3 is 2.19 bits per heavy atom. The van der Waals surface area contributed by atoms with Crippen LogP contribution in [0.5, 0.6) is 0 Å². The molecule has 0 aliphatic carbocycles. The summed E-state index contributed by atoms with van der Waals surface area (Å²) >= 11 is 1.31. The van der Waals surface area contributed by atoms with E-state index >= 15 is 0 Å². The maximum Gasteiger partial charge on any atom is 0.132 e. The predicted molar refractivity (Wildman–Crippen MR) is 152 cm³/mol. The van der Waals surface area contributed by atoms with Crippen LogP contribution >= 0.6 is 11.8 Å². The van der Waals surface area contributed by atoms with Crippen LogP contribution in [0.15, 0.2) is 60.9 Å². The van der Waals surface area contributed by atoms with Crippen molar-refractivity contribution in [2.24, 2.45) is 0 Å². The van der Waals surface area contributed by atoms with Crippen LogP contribution in [0.3, 0.4) is 0 Å². The lowest BCUT2D eigenvalue weighted by atomic mass is 9.97. The minimum Gasteiger partial charge on any atom is -0.394 e. The van der Waals surface area contributed by atoms with E-state index in [0.717, 1.165) is 0 Å². The Morgan fingerprint density at radius 2 is 1.58 bits per heavy atom. The van der Waals surface area contributed by atoms with Gasteiger partial charge >= 0.3 is 0 Å². The van der Waals surface area contributed by atoms with Crippen LogP contribution in [0.2, 0.25) is 0 Å². The molecule has 2 fully saturated rings. The number of piperidine rings is 1. The molecule has 0 amide bonds. The first-order chi connectivity index (χ1) is 20.9. The Morgan fingerprint density at radius 1 is 0.953 bits per heavy atom. The molecule has 2 aromatic heterocycles. The van der Waals surface area contributed by atoms with Crippen molar-refractivity contribution in [1.82, 2.24) is 35.3 Å². The van der Waals surface area contributed by atoms with Crippen molar-refractivity contribution in [1.29, 1.82) is 0 Å². The minimum atomic E-state index is -1.20. The van der Waals surface area contributed by atoms with Gasteiger partial charge in [0.1, 0.15) is 52.8 Å². The number of nitrogens with one attached hydrogen (secondary N) is 1. The third kappa shape index (κ3) is 6.06. The van der Waals surface area contributed by atoms with Crippen LogP contribution < -0.4 is 5.32 Å². The van der Waals surface area contributed by atoms with Crippen LogP contribution in [-0.4, -0.2) is 107 Å². The van der Waals surface area contributed by atoms with Gasteiger partial charge in [-0.05, 0) is 24.3 Å². The van der Waals surface area contributed by atoms with E-state index in [-0.39, 0.29) is 5.82 Å². The Bertz CT molecular complexity index is 1540. The number of thioether (sulfide) groups is 1. The molecule has 0 spiro atoms. The van der Waals surface area contributed by atoms with Crippen molar-refractivity contribution in [3.63, 3.8) is 0 Å². The molecular weight excluding hydrogens is 584 g/mol. The van der Waals surface area contributed by atoms with E-state index in [1.54, 1.807) is 41.3 Å². The summed E-state index contributed by atoms with van der Waals surface area (Å²) in [5, 5.41) is 52.3. The van der Waals surface area contributed by atoms with Crippen molar-refractivity contribution in [3.05, 3.63) is 72.6 Å². The van der Waals surface area contributed by atoms with Gasteiger partial charge in [-0.3, -0.25) is 0 Å². The van der Waals surface area contributed by atoms with Crippen molar-refractivity contribution in [2.75, 3.05) is 26.8 Å². The molecule has 43 heavy (non-hydrogen) atoms. The van der Waals surface area contributed by atoms with Crippen molar-refractivity contribution < 1.29 is 33.6 Å². The first kappa shape index (κ1) is 29.7. The summed E-state index contributed by atoms with van der Waals surface area (Å²) in [5.74, 6) is -0.803. The van der Waals surface area contributed by atoms with Crippen LogP contribution in [0.25, 0.3) is 22.5 Å². The molecule has 4 N–H and O–H groups in total. The fraction of sp³-hybridized carbons (Fsp3) is 0.429. The lowest BCUT2D eigenvalue weighted by Crippen LogP contribution is -2.57. The Kier molecular flexibility index (Phi) is 8.81. The molecule has 2 aliphatic heterocycles. The molecule has 228 valence electrons. The van der Waals surface area contributed by atoms with E-state index in [0.29, 0.717) is 35.6 Å². The average Bonchev–Trinajstić information content (AvgIpc) is 3.70. The van der Waals surface area contributed by atoms with Crippen molar-refractivity contribution >= 4 is 11.8 Å². The van der Waals surface area contributed by atoms with Crippen LogP contribution in [-0.2, 0) is 9.47 Å². The smallest absolute Gasteiger partial charge is 0.132 e. The van der Waals surface area contributed by atoms with Gasteiger partial charge in [-0.25, -0.2) is 18.1 Å². The molecule has 4 heterocycles. The van der Waals surface area contributed by atoms with E-state index < -0.39 is 59.6 Å². The fourth-order valence-corrected chi connectivity index (χ4v) is 7.09. The second kappa shape index (κ2) is 12.7. The Labute approximate surface area is 249 Å². The number of halogens is 2. The SMILES string of the molecule is CO[C@@H]1[C@@H](n2cc(-c3cccc(F)c3)nn2)[C@@H](O)[C@@H](CO)O[C@H]1S[C@@H]1CNC[C@H](n2cc(-c3cccc(F)c3)nn2)[C@H]1O. The van der Waals surface area contributed by atoms with Gasteiger partial charge in [0.15, 0.2) is 0 Å². The summed E-state index contributed by atoms with van der Waals surface area (Å²) in [4.78, 5) is 0. The maximum absolute atomic E-state index is 13.8. The van der Waals surface area contributed by atoms with Crippen molar-refractivity contribution in [3.8, 4) is 22.5 Å². The summed E-state index contributed by atoms with van der Waals surface area (Å²) < 4.78 is 42.5. The third-order valence-corrected chi connectivity index (χ3v) is 9.23. The summed E-state index contributed by atoms with van der Waals surface area (Å²) in [7, 11) is 1.48. The average molecular weight is 616 g/mol. The lowest BCUT2D eigenvalue weighted by Gasteiger charge is -2.45. The van der Waals surface area contributed by atoms with Gasteiger partial charge in [-0.2, -0.15) is 0 Å². The highest BCUT2D eigenvalue weighted by Crippen LogP contribution is 2.40. The standard InChI is InChI=1S/C28H31F2N7O5S/c1-41-27-24(37-13-20(33-35-37)16-5-3-7-18(30)9-16)26(40)22(14-38)42-28(27)43-23-11-31-10-21(25(23)39)36-12-19(32-34-36)15-4-2-6-17(29)8-15/h2-9,12-13,21-28,31,38-40H,10-11,14H2,1H3/t21-,22+,23+,24-,25+,26-,27+,28-/m0/s1. The number of hydrogen-bond acceptors (Lipinski definition) is 11. The number of benzene rings is 2. The quantitative estimate of drug-likeness (QED) is 0.228. The highest BCUT2D eigenvalue weighted by Gasteiger charge is 2.49. The van der Waals surface area contributed by atoms with Crippen molar-refractivity contribution in [2.45, 2.75) is 47.2 Å². The number of aromatic nitrogens is 6. The molecule has 2 saturated heterocycles. The molecule has 6 rings (SSSR count). The molecule has 0 unspecified atom stereocenters. The van der Waals surface area contributed by atoms with Crippen LogP contribution in [0, 0.1) is 11.6 Å². The fourth-order valence-electron chi connectivity index (χ4n) is 5.56. The van der Waals surface area contributed by atoms with E-state index in [9.17, 15) is 24.1 Å². The van der Waals surface area contributed by atoms with Gasteiger partial charge < -0.3 is 30.1 Å². The molecule has 2 aliphatic rings. The number of ether oxygens (including phenoxy) is 2. The van der Waals surface area contributed by atoms with Crippen LogP contribution in [0.4, 0.5) is 8.78 Å². The minimum absolute atomic E-state index is 0.385. The molecule has 15 heteroatoms. The molecule has 12 nitrogen and oxygen atoms in total. The highest BCUT2D eigenvalue weighted by molar-refractivity contribution is 8.00. The summed E-state index contributed by atoms with van der Waals surface area (Å²) in [6.45, 7) is 0.395. The predicted octanol–water partition coefficient (Wildman–Crippen LogP) is 1.42. The second-order valence-electron chi connectivity index (χ2n) is 10.5. The topological polar surface area (TPSA) is 153 Å². The number of aliphatic hydroxyl groups is 3. The van der Waals surface area contributed by atoms with Gasteiger partial charge in [0, 0.05) is 36.6 Å². The number of aliphatic hydroxyl groups excluding tert-OH is 3. The van der Waals surface area contributed by atoms with E-state index in [1.165, 1.54) is 47.8 Å². The number of methoxy groups -OCH3 is 1. The number of nitrogens with zero attached hydrogens (tertiary/aromatic N) is 6. The highest BCUT2D eigenvalue weighted by atomic mass is 32.2. The molecule has 2 aromatic carbocycles.